The number of halogens is 2. The number of aromatic nitrogens is 1. The van der Waals surface area contributed by atoms with E-state index in [1.165, 1.54) is 86.9 Å². The lowest BCUT2D eigenvalue weighted by atomic mass is 9.97. The molecular weight excluding hydrogens is 729 g/mol. The molecule has 7 rings (SSSR count). The quantitative estimate of drug-likeness (QED) is 0.150. The summed E-state index contributed by atoms with van der Waals surface area (Å²) in [6.07, 6.45) is 1.02. The lowest BCUT2D eigenvalue weighted by molar-refractivity contribution is 0.0964. The molecule has 11 nitrogen and oxygen atoms in total. The van der Waals surface area contributed by atoms with E-state index in [0.29, 0.717) is 22.1 Å². The van der Waals surface area contributed by atoms with Crippen LogP contribution in [0.2, 0.25) is 0 Å². The summed E-state index contributed by atoms with van der Waals surface area (Å²) < 4.78 is 99.8. The van der Waals surface area contributed by atoms with Crippen LogP contribution < -0.4 is 14.4 Å². The molecule has 0 radical (unpaired) electrons. The van der Waals surface area contributed by atoms with Crippen LogP contribution in [0.4, 0.5) is 14.5 Å². The standard InChI is InChI=1S/C38H29F2N3O8S2/c1-41-37(44)34-27-19-26(30(43(2)52(3,45)46)20-33(27)50-36(34)22-12-15-24(39)16-13-22)23-14-17-31(49-21-53(47,48)25-8-5-4-6-9-25)28(18-23)38-42-35-29(40)10-7-11-32(35)51-38/h4-20H,21H2,1-3H3,(H,41,44). The average Bonchev–Trinajstić information content (AvgIpc) is 3.76. The third-order valence-corrected chi connectivity index (χ3v) is 11.2. The van der Waals surface area contributed by atoms with Crippen LogP contribution in [-0.2, 0) is 19.9 Å². The fourth-order valence-corrected chi connectivity index (χ4v) is 7.31. The van der Waals surface area contributed by atoms with Crippen LogP contribution in [0.1, 0.15) is 10.4 Å². The molecule has 0 bridgehead atoms. The third-order valence-electron chi connectivity index (χ3n) is 8.57. The molecule has 53 heavy (non-hydrogen) atoms. The second-order valence-electron chi connectivity index (χ2n) is 12.0. The van der Waals surface area contributed by atoms with Crippen molar-refractivity contribution in [3.8, 4) is 39.7 Å². The molecule has 0 aliphatic heterocycles. The Morgan fingerprint density at radius 2 is 1.55 bits per heavy atom. The molecule has 0 saturated carbocycles. The number of carbonyl (C=O) groups is 1. The second kappa shape index (κ2) is 13.5. The Bertz CT molecular complexity index is 2770. The molecule has 0 atom stereocenters. The molecule has 0 fully saturated rings. The van der Waals surface area contributed by atoms with Crippen LogP contribution in [0.5, 0.6) is 5.75 Å². The van der Waals surface area contributed by atoms with Crippen molar-refractivity contribution in [1.29, 1.82) is 0 Å². The Morgan fingerprint density at radius 3 is 2.23 bits per heavy atom. The SMILES string of the molecule is CNC(=O)c1c(-c2ccc(F)cc2)oc2cc(N(C)S(C)(=O)=O)c(-c3ccc(OCS(=O)(=O)c4ccccc4)c(-c4nc5c(F)cccc5o4)c3)cc12. The predicted molar refractivity (Wildman–Crippen MR) is 196 cm³/mol. The van der Waals surface area contributed by atoms with Crippen molar-refractivity contribution in [2.45, 2.75) is 4.90 Å². The van der Waals surface area contributed by atoms with Gasteiger partial charge in [0.2, 0.25) is 25.8 Å². The molecule has 5 aromatic carbocycles. The number of hydrogen-bond acceptors (Lipinski definition) is 9. The summed E-state index contributed by atoms with van der Waals surface area (Å²) in [5, 5.41) is 2.91. The van der Waals surface area contributed by atoms with Crippen LogP contribution in [0.25, 0.3) is 56.0 Å². The van der Waals surface area contributed by atoms with Gasteiger partial charge in [0.25, 0.3) is 5.91 Å². The first-order valence-electron chi connectivity index (χ1n) is 15.9. The van der Waals surface area contributed by atoms with E-state index in [1.807, 2.05) is 0 Å². The van der Waals surface area contributed by atoms with Crippen LogP contribution in [-0.4, -0.2) is 54.0 Å². The molecule has 270 valence electrons. The first-order chi connectivity index (χ1) is 25.2. The summed E-state index contributed by atoms with van der Waals surface area (Å²) in [5.74, 6) is -2.38. The van der Waals surface area contributed by atoms with Gasteiger partial charge in [0, 0.05) is 36.7 Å². The van der Waals surface area contributed by atoms with Gasteiger partial charge >= 0.3 is 0 Å². The fraction of sp³-hybridized carbons (Fsp3) is 0.105. The van der Waals surface area contributed by atoms with E-state index >= 15 is 0 Å². The van der Waals surface area contributed by atoms with E-state index in [-0.39, 0.29) is 55.8 Å². The highest BCUT2D eigenvalue weighted by Gasteiger charge is 2.27. The van der Waals surface area contributed by atoms with E-state index in [9.17, 15) is 30.4 Å². The maximum absolute atomic E-state index is 14.8. The lowest BCUT2D eigenvalue weighted by Gasteiger charge is -2.21. The van der Waals surface area contributed by atoms with Gasteiger partial charge in [0.15, 0.2) is 17.3 Å². The molecule has 0 aliphatic rings. The number of rotatable bonds is 10. The minimum absolute atomic E-state index is 0.0206. The number of hydrogen-bond donors (Lipinski definition) is 1. The number of benzene rings is 5. The van der Waals surface area contributed by atoms with Crippen molar-refractivity contribution in [2.75, 3.05) is 30.6 Å². The van der Waals surface area contributed by atoms with Crippen molar-refractivity contribution in [2.24, 2.45) is 0 Å². The summed E-state index contributed by atoms with van der Waals surface area (Å²) in [6, 6.07) is 24.9. The zero-order chi connectivity index (χ0) is 37.7. The zero-order valence-corrected chi connectivity index (χ0v) is 29.9. The van der Waals surface area contributed by atoms with E-state index < -0.39 is 43.3 Å². The molecule has 2 aromatic heterocycles. The van der Waals surface area contributed by atoms with Crippen molar-refractivity contribution >= 4 is 53.5 Å². The van der Waals surface area contributed by atoms with Gasteiger partial charge in [-0.05, 0) is 72.3 Å². The van der Waals surface area contributed by atoms with Gasteiger partial charge in [0.05, 0.1) is 28.0 Å². The topological polar surface area (TPSA) is 149 Å². The van der Waals surface area contributed by atoms with Gasteiger partial charge in [-0.15, -0.1) is 0 Å². The molecule has 1 amide bonds. The monoisotopic (exact) mass is 757 g/mol. The van der Waals surface area contributed by atoms with Crippen molar-refractivity contribution in [1.82, 2.24) is 10.3 Å². The lowest BCUT2D eigenvalue weighted by Crippen LogP contribution is -2.25. The minimum Gasteiger partial charge on any atom is -0.477 e. The summed E-state index contributed by atoms with van der Waals surface area (Å²) in [5.41, 5.74) is 1.67. The Labute approximate surface area is 302 Å². The molecule has 15 heteroatoms. The van der Waals surface area contributed by atoms with Crippen molar-refractivity contribution in [3.63, 3.8) is 0 Å². The number of fused-ring (bicyclic) bond motifs is 2. The highest BCUT2D eigenvalue weighted by atomic mass is 32.2. The molecular formula is C38H29F2N3O8S2. The number of amides is 1. The molecule has 7 aromatic rings. The minimum atomic E-state index is -3.92. The average molecular weight is 758 g/mol. The number of sulfonamides is 1. The Balaban J connectivity index is 1.45. The van der Waals surface area contributed by atoms with Gasteiger partial charge in [-0.1, -0.05) is 30.3 Å². The van der Waals surface area contributed by atoms with Crippen LogP contribution in [0, 0.1) is 11.6 Å². The summed E-state index contributed by atoms with van der Waals surface area (Å²) in [4.78, 5) is 17.7. The molecule has 0 unspecified atom stereocenters. The van der Waals surface area contributed by atoms with Gasteiger partial charge < -0.3 is 18.9 Å². The molecule has 0 spiro atoms. The Kier molecular flexibility index (Phi) is 9.00. The predicted octanol–water partition coefficient (Wildman–Crippen LogP) is 7.42. The van der Waals surface area contributed by atoms with E-state index in [4.69, 9.17) is 13.6 Å². The van der Waals surface area contributed by atoms with Gasteiger partial charge in [-0.2, -0.15) is 0 Å². The maximum atomic E-state index is 14.8. The molecule has 0 saturated heterocycles. The summed E-state index contributed by atoms with van der Waals surface area (Å²) >= 11 is 0. The van der Waals surface area contributed by atoms with Gasteiger partial charge in [-0.3, -0.25) is 9.10 Å². The highest BCUT2D eigenvalue weighted by molar-refractivity contribution is 7.92. The molecule has 2 heterocycles. The first kappa shape index (κ1) is 35.3. The number of nitrogens with zero attached hydrogens (tertiary/aromatic N) is 2. The second-order valence-corrected chi connectivity index (χ2v) is 15.9. The highest BCUT2D eigenvalue weighted by Crippen LogP contribution is 2.44. The number of nitrogens with one attached hydrogen (secondary N) is 1. The smallest absolute Gasteiger partial charge is 0.255 e. The number of ether oxygens (including phenoxy) is 1. The number of sulfone groups is 1. The Morgan fingerprint density at radius 1 is 0.830 bits per heavy atom. The van der Waals surface area contributed by atoms with Crippen molar-refractivity contribution < 1.29 is 44.0 Å². The number of oxazole rings is 1. The number of para-hydroxylation sites is 1. The number of anilines is 1. The normalized spacial score (nSPS) is 11.9. The Hall–Kier alpha value is -6.06. The number of furan rings is 1. The summed E-state index contributed by atoms with van der Waals surface area (Å²) in [7, 11) is -5.01. The molecule has 0 aliphatic carbocycles. The zero-order valence-electron chi connectivity index (χ0n) is 28.3. The maximum Gasteiger partial charge on any atom is 0.255 e. The van der Waals surface area contributed by atoms with Crippen molar-refractivity contribution in [3.05, 3.63) is 120 Å². The van der Waals surface area contributed by atoms with Gasteiger partial charge in [0.1, 0.15) is 28.4 Å². The number of carbonyl (C=O) groups excluding carboxylic acids is 1. The van der Waals surface area contributed by atoms with E-state index in [0.717, 1.165) is 10.6 Å². The van der Waals surface area contributed by atoms with Gasteiger partial charge in [-0.25, -0.2) is 30.6 Å². The van der Waals surface area contributed by atoms with Crippen LogP contribution >= 0.6 is 0 Å². The first-order valence-corrected chi connectivity index (χ1v) is 19.4. The van der Waals surface area contributed by atoms with Crippen LogP contribution in [0.3, 0.4) is 0 Å². The third kappa shape index (κ3) is 6.71. The van der Waals surface area contributed by atoms with Crippen LogP contribution in [0.15, 0.2) is 117 Å². The van der Waals surface area contributed by atoms with E-state index in [2.05, 4.69) is 10.3 Å². The fourth-order valence-electron chi connectivity index (χ4n) is 5.82. The largest absolute Gasteiger partial charge is 0.477 e. The molecule has 1 N–H and O–H groups in total. The summed E-state index contributed by atoms with van der Waals surface area (Å²) in [6.45, 7) is 0. The van der Waals surface area contributed by atoms with E-state index in [1.54, 1.807) is 30.3 Å².